The van der Waals surface area contributed by atoms with Gasteiger partial charge in [0.05, 0.1) is 11.4 Å². The fourth-order valence-corrected chi connectivity index (χ4v) is 2.12. The van der Waals surface area contributed by atoms with Crippen molar-refractivity contribution in [1.29, 1.82) is 0 Å². The molecule has 22 heavy (non-hydrogen) atoms. The van der Waals surface area contributed by atoms with Gasteiger partial charge in [-0.2, -0.15) is 0 Å². The van der Waals surface area contributed by atoms with Gasteiger partial charge in [-0.3, -0.25) is 4.79 Å². The van der Waals surface area contributed by atoms with E-state index in [9.17, 15) is 4.79 Å². The minimum Gasteiger partial charge on any atom is -0.349 e. The second-order valence-corrected chi connectivity index (χ2v) is 5.28. The molecule has 0 aliphatic heterocycles. The number of rotatable bonds is 7. The highest BCUT2D eigenvalue weighted by Gasteiger charge is 2.16. The van der Waals surface area contributed by atoms with E-state index < -0.39 is 0 Å². The fourth-order valence-electron chi connectivity index (χ4n) is 2.12. The topological polar surface area (TPSA) is 71.8 Å². The van der Waals surface area contributed by atoms with Crippen molar-refractivity contribution in [2.75, 3.05) is 19.6 Å². The monoisotopic (exact) mass is 301 g/mol. The normalized spacial score (nSPS) is 10.7. The van der Waals surface area contributed by atoms with Crippen LogP contribution in [0.15, 0.2) is 24.3 Å². The Bertz CT molecular complexity index is 618. The Morgan fingerprint density at radius 2 is 1.86 bits per heavy atom. The maximum Gasteiger partial charge on any atom is 0.273 e. The van der Waals surface area contributed by atoms with Crippen LogP contribution in [0.4, 0.5) is 0 Å². The van der Waals surface area contributed by atoms with E-state index >= 15 is 0 Å². The smallest absolute Gasteiger partial charge is 0.273 e. The molecular formula is C16H23N5O. The summed E-state index contributed by atoms with van der Waals surface area (Å²) in [6.07, 6.45) is 1.08. The minimum atomic E-state index is -0.186. The SMILES string of the molecule is CCCNCCNC(=O)c1nnn(-c2ccc(C)cc2)c1C. The molecule has 2 N–H and O–H groups in total. The first-order valence-corrected chi connectivity index (χ1v) is 7.61. The number of aryl methyl sites for hydroxylation is 1. The number of carbonyl (C=O) groups excluding carboxylic acids is 1. The standard InChI is InChI=1S/C16H23N5O/c1-4-9-17-10-11-18-16(22)15-13(3)21(20-19-15)14-7-5-12(2)6-8-14/h5-8,17H,4,9-11H2,1-3H3,(H,18,22). The lowest BCUT2D eigenvalue weighted by Crippen LogP contribution is -2.32. The van der Waals surface area contributed by atoms with Crippen molar-refractivity contribution in [3.63, 3.8) is 0 Å². The third-order valence-electron chi connectivity index (χ3n) is 3.40. The molecule has 0 fully saturated rings. The first kappa shape index (κ1) is 16.2. The zero-order valence-corrected chi connectivity index (χ0v) is 13.4. The van der Waals surface area contributed by atoms with E-state index in [-0.39, 0.29) is 5.91 Å². The number of amides is 1. The van der Waals surface area contributed by atoms with Gasteiger partial charge >= 0.3 is 0 Å². The van der Waals surface area contributed by atoms with Gasteiger partial charge in [0.25, 0.3) is 5.91 Å². The van der Waals surface area contributed by atoms with E-state index in [0.29, 0.717) is 12.2 Å². The van der Waals surface area contributed by atoms with Crippen molar-refractivity contribution < 1.29 is 4.79 Å². The second kappa shape index (κ2) is 7.70. The van der Waals surface area contributed by atoms with E-state index in [0.717, 1.165) is 30.9 Å². The van der Waals surface area contributed by atoms with E-state index in [1.165, 1.54) is 5.56 Å². The third kappa shape index (κ3) is 3.92. The largest absolute Gasteiger partial charge is 0.349 e. The third-order valence-corrected chi connectivity index (χ3v) is 3.40. The van der Waals surface area contributed by atoms with Crippen LogP contribution in [0.2, 0.25) is 0 Å². The van der Waals surface area contributed by atoms with Gasteiger partial charge in [0.2, 0.25) is 0 Å². The zero-order valence-electron chi connectivity index (χ0n) is 13.4. The molecule has 2 aromatic rings. The summed E-state index contributed by atoms with van der Waals surface area (Å²) in [4.78, 5) is 12.1. The summed E-state index contributed by atoms with van der Waals surface area (Å²) in [5.74, 6) is -0.186. The Labute approximate surface area is 130 Å². The summed E-state index contributed by atoms with van der Waals surface area (Å²) in [6.45, 7) is 8.28. The van der Waals surface area contributed by atoms with Crippen molar-refractivity contribution >= 4 is 5.91 Å². The minimum absolute atomic E-state index is 0.186. The van der Waals surface area contributed by atoms with E-state index in [1.54, 1.807) is 4.68 Å². The number of benzene rings is 1. The Hall–Kier alpha value is -2.21. The number of aromatic nitrogens is 3. The first-order valence-electron chi connectivity index (χ1n) is 7.61. The summed E-state index contributed by atoms with van der Waals surface area (Å²) < 4.78 is 1.68. The number of hydrogen-bond donors (Lipinski definition) is 2. The van der Waals surface area contributed by atoms with Gasteiger partial charge in [-0.1, -0.05) is 29.8 Å². The maximum atomic E-state index is 12.1. The van der Waals surface area contributed by atoms with Crippen LogP contribution in [0.25, 0.3) is 5.69 Å². The van der Waals surface area contributed by atoms with Crippen molar-refractivity contribution in [2.45, 2.75) is 27.2 Å². The Balaban J connectivity index is 2.01. The summed E-state index contributed by atoms with van der Waals surface area (Å²) in [5, 5.41) is 14.2. The lowest BCUT2D eigenvalue weighted by Gasteiger charge is -2.06. The molecule has 1 amide bonds. The van der Waals surface area contributed by atoms with E-state index in [1.807, 2.05) is 38.1 Å². The van der Waals surface area contributed by atoms with Gasteiger partial charge in [0.1, 0.15) is 0 Å². The Morgan fingerprint density at radius 1 is 1.14 bits per heavy atom. The Kier molecular flexibility index (Phi) is 5.66. The quantitative estimate of drug-likeness (QED) is 0.762. The zero-order chi connectivity index (χ0) is 15.9. The number of hydrogen-bond acceptors (Lipinski definition) is 4. The predicted octanol–water partition coefficient (Wildman–Crippen LogP) is 1.61. The lowest BCUT2D eigenvalue weighted by atomic mass is 10.2. The maximum absolute atomic E-state index is 12.1. The molecule has 0 saturated heterocycles. The highest BCUT2D eigenvalue weighted by molar-refractivity contribution is 5.93. The summed E-state index contributed by atoms with van der Waals surface area (Å²) in [6, 6.07) is 7.95. The van der Waals surface area contributed by atoms with Crippen LogP contribution in [0.5, 0.6) is 0 Å². The summed E-state index contributed by atoms with van der Waals surface area (Å²) in [5.41, 5.74) is 3.19. The molecule has 0 spiro atoms. The average molecular weight is 301 g/mol. The molecule has 0 aliphatic carbocycles. The lowest BCUT2D eigenvalue weighted by molar-refractivity contribution is 0.0948. The molecular weight excluding hydrogens is 278 g/mol. The van der Waals surface area contributed by atoms with Crippen molar-refractivity contribution in [1.82, 2.24) is 25.6 Å². The fraction of sp³-hybridized carbons (Fsp3) is 0.438. The molecule has 0 radical (unpaired) electrons. The van der Waals surface area contributed by atoms with Gasteiger partial charge in [0, 0.05) is 13.1 Å². The molecule has 1 heterocycles. The molecule has 6 nitrogen and oxygen atoms in total. The molecule has 6 heteroatoms. The van der Waals surface area contributed by atoms with Gasteiger partial charge in [-0.05, 0) is 38.9 Å². The average Bonchev–Trinajstić information content (AvgIpc) is 2.89. The Morgan fingerprint density at radius 3 is 2.55 bits per heavy atom. The second-order valence-electron chi connectivity index (χ2n) is 5.28. The molecule has 0 atom stereocenters. The highest BCUT2D eigenvalue weighted by Crippen LogP contribution is 2.12. The van der Waals surface area contributed by atoms with Crippen molar-refractivity contribution in [3.8, 4) is 5.69 Å². The first-order chi connectivity index (χ1) is 10.6. The van der Waals surface area contributed by atoms with Gasteiger partial charge < -0.3 is 10.6 Å². The van der Waals surface area contributed by atoms with Crippen molar-refractivity contribution in [2.24, 2.45) is 0 Å². The van der Waals surface area contributed by atoms with Crippen LogP contribution in [-0.4, -0.2) is 40.5 Å². The molecule has 0 unspecified atom stereocenters. The number of nitrogens with zero attached hydrogens (tertiary/aromatic N) is 3. The summed E-state index contributed by atoms with van der Waals surface area (Å²) in [7, 11) is 0. The van der Waals surface area contributed by atoms with E-state index in [4.69, 9.17) is 0 Å². The van der Waals surface area contributed by atoms with Crippen LogP contribution in [0.1, 0.15) is 35.1 Å². The molecule has 0 bridgehead atoms. The molecule has 0 aliphatic rings. The van der Waals surface area contributed by atoms with Crippen molar-refractivity contribution in [3.05, 3.63) is 41.2 Å². The van der Waals surface area contributed by atoms with Crippen LogP contribution in [0, 0.1) is 13.8 Å². The summed E-state index contributed by atoms with van der Waals surface area (Å²) >= 11 is 0. The molecule has 1 aromatic heterocycles. The van der Waals surface area contributed by atoms with Gasteiger partial charge in [0.15, 0.2) is 5.69 Å². The van der Waals surface area contributed by atoms with Gasteiger partial charge in [-0.15, -0.1) is 5.10 Å². The molecule has 118 valence electrons. The molecule has 0 saturated carbocycles. The van der Waals surface area contributed by atoms with Crippen LogP contribution in [-0.2, 0) is 0 Å². The van der Waals surface area contributed by atoms with Crippen LogP contribution in [0.3, 0.4) is 0 Å². The predicted molar refractivity (Wildman–Crippen MR) is 86.3 cm³/mol. The van der Waals surface area contributed by atoms with Crippen LogP contribution < -0.4 is 10.6 Å². The number of carbonyl (C=O) groups is 1. The highest BCUT2D eigenvalue weighted by atomic mass is 16.2. The van der Waals surface area contributed by atoms with E-state index in [2.05, 4.69) is 27.9 Å². The molecule has 1 aromatic carbocycles. The van der Waals surface area contributed by atoms with Crippen LogP contribution >= 0.6 is 0 Å². The molecule has 2 rings (SSSR count). The number of nitrogens with one attached hydrogen (secondary N) is 2. The van der Waals surface area contributed by atoms with Gasteiger partial charge in [-0.25, -0.2) is 4.68 Å².